The summed E-state index contributed by atoms with van der Waals surface area (Å²) in [6, 6.07) is 9.21. The molecule has 0 saturated carbocycles. The SMILES string of the molecule is CN1CCN(C(=O)C[C@H]2CN(C(=O)CCCn3cccn3)CC[C@@H]2Oc2ccc(Cl)cc2)CC1. The van der Waals surface area contributed by atoms with E-state index in [1.54, 1.807) is 18.3 Å². The van der Waals surface area contributed by atoms with Crippen LogP contribution >= 0.6 is 11.6 Å². The summed E-state index contributed by atoms with van der Waals surface area (Å²) in [6.07, 6.45) is 5.84. The highest BCUT2D eigenvalue weighted by Gasteiger charge is 2.35. The van der Waals surface area contributed by atoms with E-state index in [0.29, 0.717) is 37.4 Å². The van der Waals surface area contributed by atoms with Gasteiger partial charge in [-0.15, -0.1) is 0 Å². The average Bonchev–Trinajstić information content (AvgIpc) is 3.35. The van der Waals surface area contributed by atoms with E-state index >= 15 is 0 Å². The lowest BCUT2D eigenvalue weighted by Crippen LogP contribution is -2.51. The van der Waals surface area contributed by atoms with Crippen molar-refractivity contribution >= 4 is 23.4 Å². The summed E-state index contributed by atoms with van der Waals surface area (Å²) in [5, 5.41) is 4.85. The molecule has 0 N–H and O–H groups in total. The van der Waals surface area contributed by atoms with E-state index in [1.165, 1.54) is 0 Å². The summed E-state index contributed by atoms with van der Waals surface area (Å²) in [4.78, 5) is 32.1. The second-order valence-corrected chi connectivity index (χ2v) is 9.70. The molecule has 0 bridgehead atoms. The third-order valence-electron chi connectivity index (χ3n) is 6.75. The standard InChI is InChI=1S/C25H34ClN5O3/c1-28-14-16-29(17-15-28)25(33)18-20-19-30(24(32)4-2-11-31-12-3-10-27-31)13-9-23(20)34-22-7-5-21(26)6-8-22/h3,5-8,10,12,20,23H,2,4,9,11,13-19H2,1H3/t20-,23-/m0/s1. The van der Waals surface area contributed by atoms with Crippen LogP contribution in [0.1, 0.15) is 25.7 Å². The minimum absolute atomic E-state index is 0.0494. The average molecular weight is 488 g/mol. The summed E-state index contributed by atoms with van der Waals surface area (Å²) in [6.45, 7) is 5.18. The number of likely N-dealkylation sites (tertiary alicyclic amines) is 1. The van der Waals surface area contributed by atoms with E-state index in [4.69, 9.17) is 16.3 Å². The molecule has 0 aliphatic carbocycles. The number of aryl methyl sites for hydroxylation is 1. The Morgan fingerprint density at radius 2 is 1.82 bits per heavy atom. The predicted octanol–water partition coefficient (Wildman–Crippen LogP) is 2.78. The third kappa shape index (κ3) is 6.73. The first-order valence-corrected chi connectivity index (χ1v) is 12.5. The predicted molar refractivity (Wildman–Crippen MR) is 131 cm³/mol. The number of nitrogens with zero attached hydrogens (tertiary/aromatic N) is 5. The molecule has 2 saturated heterocycles. The fourth-order valence-corrected chi connectivity index (χ4v) is 4.79. The minimum atomic E-state index is -0.120. The first kappa shape index (κ1) is 24.5. The van der Waals surface area contributed by atoms with Crippen LogP contribution in [0.25, 0.3) is 0 Å². The van der Waals surface area contributed by atoms with Gasteiger partial charge < -0.3 is 19.4 Å². The fraction of sp³-hybridized carbons (Fsp3) is 0.560. The van der Waals surface area contributed by atoms with Crippen molar-refractivity contribution in [2.24, 2.45) is 5.92 Å². The summed E-state index contributed by atoms with van der Waals surface area (Å²) < 4.78 is 8.14. The Hall–Kier alpha value is -2.58. The number of ether oxygens (including phenoxy) is 1. The zero-order valence-corrected chi connectivity index (χ0v) is 20.6. The summed E-state index contributed by atoms with van der Waals surface area (Å²) in [5.74, 6) is 0.974. The number of hydrogen-bond acceptors (Lipinski definition) is 5. The highest BCUT2D eigenvalue weighted by Crippen LogP contribution is 2.28. The largest absolute Gasteiger partial charge is 0.490 e. The number of piperazine rings is 1. The molecule has 184 valence electrons. The Balaban J connectivity index is 1.37. The Kier molecular flexibility index (Phi) is 8.45. The van der Waals surface area contributed by atoms with Gasteiger partial charge in [0.05, 0.1) is 0 Å². The van der Waals surface area contributed by atoms with Crippen LogP contribution < -0.4 is 4.74 Å². The third-order valence-corrected chi connectivity index (χ3v) is 7.00. The van der Waals surface area contributed by atoms with Gasteiger partial charge >= 0.3 is 0 Å². The molecule has 4 rings (SSSR count). The van der Waals surface area contributed by atoms with Crippen molar-refractivity contribution in [3.63, 3.8) is 0 Å². The number of rotatable bonds is 8. The number of hydrogen-bond donors (Lipinski definition) is 0. The number of carbonyl (C=O) groups excluding carboxylic acids is 2. The van der Waals surface area contributed by atoms with Gasteiger partial charge in [0.15, 0.2) is 0 Å². The van der Waals surface area contributed by atoms with Gasteiger partial charge in [0, 0.05) is 88.4 Å². The van der Waals surface area contributed by atoms with E-state index < -0.39 is 0 Å². The highest BCUT2D eigenvalue weighted by atomic mass is 35.5. The van der Waals surface area contributed by atoms with Crippen molar-refractivity contribution in [1.29, 1.82) is 0 Å². The number of benzene rings is 1. The van der Waals surface area contributed by atoms with Crippen molar-refractivity contribution in [2.75, 3.05) is 46.3 Å². The molecule has 0 unspecified atom stereocenters. The van der Waals surface area contributed by atoms with Crippen LogP contribution in [0.15, 0.2) is 42.7 Å². The van der Waals surface area contributed by atoms with Crippen LogP contribution in [0.2, 0.25) is 5.02 Å². The molecule has 8 nitrogen and oxygen atoms in total. The molecule has 2 aliphatic rings. The van der Waals surface area contributed by atoms with Gasteiger partial charge in [-0.3, -0.25) is 14.3 Å². The molecule has 2 atom stereocenters. The smallest absolute Gasteiger partial charge is 0.223 e. The van der Waals surface area contributed by atoms with Crippen LogP contribution in [0.3, 0.4) is 0 Å². The molecule has 0 radical (unpaired) electrons. The van der Waals surface area contributed by atoms with E-state index in [2.05, 4.69) is 17.0 Å². The van der Waals surface area contributed by atoms with Crippen LogP contribution in [-0.4, -0.2) is 88.7 Å². The van der Waals surface area contributed by atoms with Gasteiger partial charge in [-0.1, -0.05) is 11.6 Å². The number of likely N-dealkylation sites (N-methyl/N-ethyl adjacent to an activating group) is 1. The lowest BCUT2D eigenvalue weighted by Gasteiger charge is -2.40. The zero-order valence-electron chi connectivity index (χ0n) is 19.8. The molecule has 1 aromatic carbocycles. The van der Waals surface area contributed by atoms with Crippen molar-refractivity contribution < 1.29 is 14.3 Å². The first-order valence-electron chi connectivity index (χ1n) is 12.1. The lowest BCUT2D eigenvalue weighted by atomic mass is 9.90. The molecule has 2 aromatic rings. The highest BCUT2D eigenvalue weighted by molar-refractivity contribution is 6.30. The van der Waals surface area contributed by atoms with Gasteiger partial charge in [0.1, 0.15) is 11.9 Å². The van der Waals surface area contributed by atoms with Crippen LogP contribution in [0, 0.1) is 5.92 Å². The maximum atomic E-state index is 13.1. The number of halogens is 1. The summed E-state index contributed by atoms with van der Waals surface area (Å²) in [7, 11) is 2.08. The summed E-state index contributed by atoms with van der Waals surface area (Å²) in [5.41, 5.74) is 0. The second kappa shape index (κ2) is 11.7. The van der Waals surface area contributed by atoms with Crippen molar-refractivity contribution in [3.8, 4) is 5.75 Å². The zero-order chi connectivity index (χ0) is 23.9. The molecule has 2 amide bonds. The van der Waals surface area contributed by atoms with Gasteiger partial charge in [-0.25, -0.2) is 0 Å². The van der Waals surface area contributed by atoms with Crippen LogP contribution in [0.4, 0.5) is 0 Å². The van der Waals surface area contributed by atoms with E-state index in [1.807, 2.05) is 38.9 Å². The molecule has 9 heteroatoms. The van der Waals surface area contributed by atoms with Crippen molar-refractivity contribution in [3.05, 3.63) is 47.7 Å². The lowest BCUT2D eigenvalue weighted by molar-refractivity contribution is -0.140. The molecular weight excluding hydrogens is 454 g/mol. The van der Waals surface area contributed by atoms with Crippen molar-refractivity contribution in [1.82, 2.24) is 24.5 Å². The number of carbonyl (C=O) groups is 2. The molecule has 1 aromatic heterocycles. The number of amides is 2. The topological polar surface area (TPSA) is 70.9 Å². The maximum absolute atomic E-state index is 13.1. The molecule has 2 aliphatic heterocycles. The Bertz CT molecular complexity index is 929. The normalized spacial score (nSPS) is 21.5. The first-order chi connectivity index (χ1) is 16.5. The van der Waals surface area contributed by atoms with E-state index in [-0.39, 0.29) is 23.8 Å². The molecular formula is C25H34ClN5O3. The van der Waals surface area contributed by atoms with Crippen LogP contribution in [-0.2, 0) is 16.1 Å². The fourth-order valence-electron chi connectivity index (χ4n) is 4.67. The molecule has 2 fully saturated rings. The van der Waals surface area contributed by atoms with Gasteiger partial charge in [0.25, 0.3) is 0 Å². The Morgan fingerprint density at radius 1 is 1.06 bits per heavy atom. The van der Waals surface area contributed by atoms with Crippen LogP contribution in [0.5, 0.6) is 5.75 Å². The van der Waals surface area contributed by atoms with E-state index in [0.717, 1.165) is 44.9 Å². The monoisotopic (exact) mass is 487 g/mol. The molecule has 0 spiro atoms. The Morgan fingerprint density at radius 3 is 2.53 bits per heavy atom. The van der Waals surface area contributed by atoms with Crippen molar-refractivity contribution in [2.45, 2.75) is 38.3 Å². The molecule has 3 heterocycles. The quantitative estimate of drug-likeness (QED) is 0.572. The Labute approximate surface area is 206 Å². The number of aromatic nitrogens is 2. The maximum Gasteiger partial charge on any atom is 0.223 e. The van der Waals surface area contributed by atoms with Gasteiger partial charge in [0.2, 0.25) is 11.8 Å². The van der Waals surface area contributed by atoms with E-state index in [9.17, 15) is 9.59 Å². The van der Waals surface area contributed by atoms with Gasteiger partial charge in [-0.2, -0.15) is 5.10 Å². The minimum Gasteiger partial charge on any atom is -0.490 e. The molecule has 34 heavy (non-hydrogen) atoms. The summed E-state index contributed by atoms with van der Waals surface area (Å²) >= 11 is 6.02. The van der Waals surface area contributed by atoms with Gasteiger partial charge in [-0.05, 0) is 43.8 Å². The number of piperidine rings is 1. The second-order valence-electron chi connectivity index (χ2n) is 9.26.